The number of nitrogens with zero attached hydrogens (tertiary/aromatic N) is 4. The molecule has 3 N–H and O–H groups in total. The fraction of sp³-hybridized carbons (Fsp3) is 0.176. The number of esters is 1. The smallest absolute Gasteiger partial charge is 0.326 e. The molecule has 0 fully saturated rings. The molecule has 9 heteroatoms. The summed E-state index contributed by atoms with van der Waals surface area (Å²) < 4.78 is 6.76. The molecule has 0 spiro atoms. The minimum absolute atomic E-state index is 0.00333. The molecule has 3 aromatic heterocycles. The number of carbonyl (C=O) groups is 1. The first-order valence-corrected chi connectivity index (χ1v) is 8.85. The first-order valence-electron chi connectivity index (χ1n) is 8.03. The Balaban J connectivity index is 1.77. The van der Waals surface area contributed by atoms with Crippen molar-refractivity contribution < 1.29 is 9.53 Å². The molecular weight excluding hydrogens is 352 g/mol. The maximum atomic E-state index is 12.0. The molecule has 0 atom stereocenters. The molecule has 0 aliphatic heterocycles. The molecule has 0 aliphatic rings. The lowest BCUT2D eigenvalue weighted by molar-refractivity contribution is -0.143. The van der Waals surface area contributed by atoms with Gasteiger partial charge in [-0.15, -0.1) is 0 Å². The normalized spacial score (nSPS) is 11.3. The maximum Gasteiger partial charge on any atom is 0.326 e. The molecule has 3 heterocycles. The molecule has 132 valence electrons. The van der Waals surface area contributed by atoms with Crippen LogP contribution >= 0.6 is 11.8 Å². The highest BCUT2D eigenvalue weighted by atomic mass is 32.2. The Bertz CT molecular complexity index is 1070. The minimum Gasteiger partial charge on any atom is -0.465 e. The van der Waals surface area contributed by atoms with Gasteiger partial charge in [-0.3, -0.25) is 9.36 Å². The molecule has 1 aromatic carbocycles. The van der Waals surface area contributed by atoms with E-state index in [1.165, 1.54) is 18.1 Å². The van der Waals surface area contributed by atoms with E-state index in [2.05, 4.69) is 19.9 Å². The molecule has 0 amide bonds. The summed E-state index contributed by atoms with van der Waals surface area (Å²) in [5.41, 5.74) is 7.92. The van der Waals surface area contributed by atoms with E-state index in [0.29, 0.717) is 22.9 Å². The average Bonchev–Trinajstić information content (AvgIpc) is 3.18. The van der Waals surface area contributed by atoms with Crippen LogP contribution in [0.4, 0.5) is 5.82 Å². The lowest BCUT2D eigenvalue weighted by Gasteiger charge is -2.07. The van der Waals surface area contributed by atoms with E-state index in [1.54, 1.807) is 11.5 Å². The van der Waals surface area contributed by atoms with Gasteiger partial charge >= 0.3 is 5.97 Å². The zero-order valence-corrected chi connectivity index (χ0v) is 14.8. The highest BCUT2D eigenvalue weighted by Crippen LogP contribution is 2.32. The van der Waals surface area contributed by atoms with Crippen LogP contribution in [0.5, 0.6) is 0 Å². The van der Waals surface area contributed by atoms with E-state index in [9.17, 15) is 4.79 Å². The summed E-state index contributed by atoms with van der Waals surface area (Å²) in [6.45, 7) is 2.08. The van der Waals surface area contributed by atoms with Gasteiger partial charge in [0.2, 0.25) is 0 Å². The van der Waals surface area contributed by atoms with Gasteiger partial charge in [-0.2, -0.15) is 0 Å². The summed E-state index contributed by atoms with van der Waals surface area (Å²) in [7, 11) is 0. The van der Waals surface area contributed by atoms with Gasteiger partial charge in [0.05, 0.1) is 11.6 Å². The third kappa shape index (κ3) is 2.97. The summed E-state index contributed by atoms with van der Waals surface area (Å²) >= 11 is 1.40. The first-order chi connectivity index (χ1) is 12.7. The summed E-state index contributed by atoms with van der Waals surface area (Å²) in [5.74, 6) is -0.0846. The molecule has 4 aromatic rings. The van der Waals surface area contributed by atoms with E-state index in [4.69, 9.17) is 10.5 Å². The number of carbonyl (C=O) groups excluding carboxylic acids is 1. The number of ether oxygens (including phenoxy) is 1. The maximum absolute atomic E-state index is 12.0. The van der Waals surface area contributed by atoms with Gasteiger partial charge in [0.1, 0.15) is 12.9 Å². The van der Waals surface area contributed by atoms with E-state index >= 15 is 0 Å². The summed E-state index contributed by atoms with van der Waals surface area (Å²) in [5, 5.41) is 2.59. The Morgan fingerprint density at radius 3 is 3.00 bits per heavy atom. The molecule has 0 saturated heterocycles. The Labute approximate surface area is 152 Å². The van der Waals surface area contributed by atoms with Crippen molar-refractivity contribution in [1.29, 1.82) is 0 Å². The lowest BCUT2D eigenvalue weighted by Crippen LogP contribution is -2.14. The molecule has 0 bridgehead atoms. The van der Waals surface area contributed by atoms with Crippen LogP contribution in [0.15, 0.2) is 46.8 Å². The average molecular weight is 368 g/mol. The van der Waals surface area contributed by atoms with E-state index in [1.807, 2.05) is 30.3 Å². The second-order valence-electron chi connectivity index (χ2n) is 5.54. The number of H-pyrrole nitrogens is 1. The summed E-state index contributed by atoms with van der Waals surface area (Å²) in [6, 6.07) is 10.0. The quantitative estimate of drug-likeness (QED) is 0.521. The van der Waals surface area contributed by atoms with E-state index < -0.39 is 0 Å². The molecule has 0 saturated carbocycles. The highest BCUT2D eigenvalue weighted by Gasteiger charge is 2.19. The number of hydrogen-bond acceptors (Lipinski definition) is 7. The Kier molecular flexibility index (Phi) is 4.21. The molecule has 8 nitrogen and oxygen atoms in total. The second-order valence-corrected chi connectivity index (χ2v) is 6.55. The fourth-order valence-corrected chi connectivity index (χ4v) is 3.63. The Hall–Kier alpha value is -3.07. The van der Waals surface area contributed by atoms with Crippen LogP contribution in [0.1, 0.15) is 6.92 Å². The Morgan fingerprint density at radius 2 is 2.19 bits per heavy atom. The van der Waals surface area contributed by atoms with Crippen molar-refractivity contribution in [3.63, 3.8) is 0 Å². The van der Waals surface area contributed by atoms with Crippen LogP contribution in [0.3, 0.4) is 0 Å². The van der Waals surface area contributed by atoms with Crippen molar-refractivity contribution in [3.8, 4) is 0 Å². The predicted octanol–water partition coefficient (Wildman–Crippen LogP) is 2.60. The first kappa shape index (κ1) is 16.4. The Morgan fingerprint density at radius 1 is 1.35 bits per heavy atom. The minimum atomic E-state index is -0.359. The second kappa shape index (κ2) is 6.68. The van der Waals surface area contributed by atoms with Crippen molar-refractivity contribution in [2.45, 2.75) is 23.7 Å². The number of hydrogen-bond donors (Lipinski definition) is 2. The number of fused-ring (bicyclic) bond motifs is 2. The fourth-order valence-electron chi connectivity index (χ4n) is 2.69. The molecule has 0 unspecified atom stereocenters. The largest absolute Gasteiger partial charge is 0.465 e. The summed E-state index contributed by atoms with van der Waals surface area (Å²) in [4.78, 5) is 28.1. The number of benzene rings is 1. The third-order valence-electron chi connectivity index (χ3n) is 3.82. The number of nitrogens with two attached hydrogens (primary N) is 1. The topological polar surface area (TPSA) is 112 Å². The summed E-state index contributed by atoms with van der Waals surface area (Å²) in [6.07, 6.45) is 1.36. The van der Waals surface area contributed by atoms with Crippen LogP contribution < -0.4 is 5.73 Å². The van der Waals surface area contributed by atoms with Gasteiger partial charge < -0.3 is 15.5 Å². The van der Waals surface area contributed by atoms with Crippen molar-refractivity contribution in [1.82, 2.24) is 24.5 Å². The molecular formula is C17H16N6O2S. The van der Waals surface area contributed by atoms with Gasteiger partial charge in [-0.1, -0.05) is 18.2 Å². The molecule has 4 rings (SSSR count). The van der Waals surface area contributed by atoms with Crippen LogP contribution in [-0.4, -0.2) is 37.1 Å². The number of anilines is 1. The number of rotatable bonds is 5. The van der Waals surface area contributed by atoms with Gasteiger partial charge in [0, 0.05) is 10.9 Å². The lowest BCUT2D eigenvalue weighted by atomic mass is 10.3. The van der Waals surface area contributed by atoms with Crippen LogP contribution in [0.25, 0.3) is 22.1 Å². The number of aromatic nitrogens is 5. The highest BCUT2D eigenvalue weighted by molar-refractivity contribution is 7.99. The standard InChI is InChI=1S/C17H16N6O2S/c1-2-25-13(24)8-23-16-14(15(18)19-9-20-16)22-17(23)26-12-7-10-5-3-4-6-11(10)21-12/h3-7,9,21H,2,8H2,1H3,(H2,18,19,20). The zero-order chi connectivity index (χ0) is 18.1. The molecule has 0 radical (unpaired) electrons. The van der Waals surface area contributed by atoms with Crippen molar-refractivity contribution in [3.05, 3.63) is 36.7 Å². The van der Waals surface area contributed by atoms with Gasteiger partial charge in [-0.25, -0.2) is 15.0 Å². The number of nitrogen functional groups attached to an aromatic ring is 1. The third-order valence-corrected chi connectivity index (χ3v) is 4.76. The number of nitrogens with one attached hydrogen (secondary N) is 1. The van der Waals surface area contributed by atoms with Crippen molar-refractivity contribution in [2.24, 2.45) is 0 Å². The SMILES string of the molecule is CCOC(=O)Cn1c(Sc2cc3ccccc3[nH]2)nc2c(N)ncnc21. The monoisotopic (exact) mass is 368 g/mol. The van der Waals surface area contributed by atoms with Crippen molar-refractivity contribution in [2.75, 3.05) is 12.3 Å². The van der Waals surface area contributed by atoms with Gasteiger partial charge in [-0.05, 0) is 30.8 Å². The van der Waals surface area contributed by atoms with Crippen molar-refractivity contribution >= 4 is 45.6 Å². The van der Waals surface area contributed by atoms with Crippen LogP contribution in [0.2, 0.25) is 0 Å². The van der Waals surface area contributed by atoms with Gasteiger partial charge in [0.15, 0.2) is 22.1 Å². The molecule has 0 aliphatic carbocycles. The number of imidazole rings is 1. The number of para-hydroxylation sites is 1. The molecule has 26 heavy (non-hydrogen) atoms. The predicted molar refractivity (Wildman–Crippen MR) is 98.8 cm³/mol. The van der Waals surface area contributed by atoms with E-state index in [-0.39, 0.29) is 18.3 Å². The van der Waals surface area contributed by atoms with Crippen LogP contribution in [0, 0.1) is 0 Å². The van der Waals surface area contributed by atoms with Gasteiger partial charge in [0.25, 0.3) is 0 Å². The zero-order valence-electron chi connectivity index (χ0n) is 14.0. The van der Waals surface area contributed by atoms with Crippen LogP contribution in [-0.2, 0) is 16.1 Å². The number of aromatic amines is 1. The van der Waals surface area contributed by atoms with E-state index in [0.717, 1.165) is 15.9 Å².